The first-order chi connectivity index (χ1) is 8.69. The van der Waals surface area contributed by atoms with Crippen LogP contribution in [0, 0.1) is 0 Å². The molecule has 1 aromatic heterocycles. The molecule has 0 radical (unpaired) electrons. The third kappa shape index (κ3) is 5.23. The first-order valence-corrected chi connectivity index (χ1v) is 7.46. The third-order valence-corrected chi connectivity index (χ3v) is 3.57. The second kappa shape index (κ2) is 8.32. The molecule has 18 heavy (non-hydrogen) atoms. The van der Waals surface area contributed by atoms with Gasteiger partial charge in [-0.1, -0.05) is 20.8 Å². The number of hydrogen-bond acceptors (Lipinski definition) is 5. The summed E-state index contributed by atoms with van der Waals surface area (Å²) in [7, 11) is 0. The summed E-state index contributed by atoms with van der Waals surface area (Å²) in [5, 5.41) is 13.6. The van der Waals surface area contributed by atoms with Gasteiger partial charge in [-0.05, 0) is 12.8 Å². The van der Waals surface area contributed by atoms with Gasteiger partial charge >= 0.3 is 0 Å². The van der Waals surface area contributed by atoms with Crippen molar-refractivity contribution in [2.24, 2.45) is 0 Å². The summed E-state index contributed by atoms with van der Waals surface area (Å²) in [6.45, 7) is 7.45. The first kappa shape index (κ1) is 15.2. The zero-order valence-electron chi connectivity index (χ0n) is 11.4. The van der Waals surface area contributed by atoms with Gasteiger partial charge in [-0.2, -0.15) is 0 Å². The van der Waals surface area contributed by atoms with Crippen LogP contribution in [0.5, 0.6) is 0 Å². The number of aliphatic hydroxyl groups excluding tert-OH is 1. The summed E-state index contributed by atoms with van der Waals surface area (Å²) in [5.41, 5.74) is 0. The number of thioether (sulfide) groups is 1. The molecule has 1 atom stereocenters. The fourth-order valence-corrected chi connectivity index (χ4v) is 2.45. The van der Waals surface area contributed by atoms with Crippen molar-refractivity contribution in [2.75, 3.05) is 18.5 Å². The quantitative estimate of drug-likeness (QED) is 0.561. The fraction of sp³-hybridized carbons (Fsp3) is 0.692. The number of hydrogen-bond donors (Lipinski definition) is 2. The Hall–Kier alpha value is -0.810. The number of rotatable bonds is 8. The number of nitrogens with zero attached hydrogens (tertiary/aromatic N) is 2. The Balaban J connectivity index is 2.76. The molecule has 102 valence electrons. The minimum atomic E-state index is 0.223. The van der Waals surface area contributed by atoms with Crippen LogP contribution in [-0.4, -0.2) is 33.5 Å². The van der Waals surface area contributed by atoms with Crippen LogP contribution in [-0.2, 0) is 6.42 Å². The number of nitrogens with one attached hydrogen (secondary N) is 1. The van der Waals surface area contributed by atoms with E-state index >= 15 is 0 Å². The Labute approximate surface area is 114 Å². The molecule has 1 heterocycles. The smallest absolute Gasteiger partial charge is 0.131 e. The van der Waals surface area contributed by atoms with Gasteiger partial charge in [0.25, 0.3) is 0 Å². The fourth-order valence-electron chi connectivity index (χ4n) is 1.48. The Morgan fingerprint density at radius 3 is 2.78 bits per heavy atom. The van der Waals surface area contributed by atoms with Crippen LogP contribution in [0.1, 0.15) is 39.4 Å². The van der Waals surface area contributed by atoms with E-state index < -0.39 is 0 Å². The Morgan fingerprint density at radius 2 is 2.17 bits per heavy atom. The average Bonchev–Trinajstić information content (AvgIpc) is 2.36. The molecular weight excluding hydrogens is 246 g/mol. The highest BCUT2D eigenvalue weighted by Gasteiger charge is 2.08. The minimum Gasteiger partial charge on any atom is -0.396 e. The molecule has 0 aliphatic heterocycles. The van der Waals surface area contributed by atoms with Crippen molar-refractivity contribution < 1.29 is 5.11 Å². The summed E-state index contributed by atoms with van der Waals surface area (Å²) >= 11 is 1.69. The van der Waals surface area contributed by atoms with Crippen molar-refractivity contribution >= 4 is 17.6 Å². The number of aryl methyl sites for hydroxylation is 1. The standard InChI is InChI=1S/C13H23N3OS/c1-4-7-14-12-9-13(16-11(5-2)15-12)18-10(3)6-8-17/h9-10,17H,4-8H2,1-3H3,(H,14,15,16). The van der Waals surface area contributed by atoms with Gasteiger partial charge in [0.05, 0.1) is 0 Å². The van der Waals surface area contributed by atoms with Crippen molar-refractivity contribution in [3.63, 3.8) is 0 Å². The van der Waals surface area contributed by atoms with Gasteiger partial charge in [0.2, 0.25) is 0 Å². The number of aliphatic hydroxyl groups is 1. The van der Waals surface area contributed by atoms with Gasteiger partial charge < -0.3 is 10.4 Å². The summed E-state index contributed by atoms with van der Waals surface area (Å²) < 4.78 is 0. The molecule has 4 nitrogen and oxygen atoms in total. The Morgan fingerprint density at radius 1 is 1.39 bits per heavy atom. The Bertz CT molecular complexity index is 360. The molecule has 0 aliphatic carbocycles. The van der Waals surface area contributed by atoms with E-state index in [1.54, 1.807) is 11.8 Å². The second-order valence-corrected chi connectivity index (χ2v) is 5.69. The van der Waals surface area contributed by atoms with Crippen molar-refractivity contribution in [3.05, 3.63) is 11.9 Å². The van der Waals surface area contributed by atoms with Gasteiger partial charge in [-0.25, -0.2) is 9.97 Å². The molecule has 2 N–H and O–H groups in total. The monoisotopic (exact) mass is 269 g/mol. The summed E-state index contributed by atoms with van der Waals surface area (Å²) in [6, 6.07) is 1.99. The molecular formula is C13H23N3OS. The minimum absolute atomic E-state index is 0.223. The second-order valence-electron chi connectivity index (χ2n) is 4.23. The van der Waals surface area contributed by atoms with E-state index in [1.807, 2.05) is 6.07 Å². The van der Waals surface area contributed by atoms with Crippen LogP contribution in [0.25, 0.3) is 0 Å². The van der Waals surface area contributed by atoms with E-state index in [4.69, 9.17) is 5.11 Å². The molecule has 0 aromatic carbocycles. The lowest BCUT2D eigenvalue weighted by Crippen LogP contribution is -2.06. The summed E-state index contributed by atoms with van der Waals surface area (Å²) in [5.74, 6) is 1.78. The van der Waals surface area contributed by atoms with E-state index in [1.165, 1.54) is 0 Å². The van der Waals surface area contributed by atoms with E-state index in [2.05, 4.69) is 36.1 Å². The lowest BCUT2D eigenvalue weighted by molar-refractivity contribution is 0.289. The van der Waals surface area contributed by atoms with Crippen molar-refractivity contribution in [1.82, 2.24) is 9.97 Å². The molecule has 0 spiro atoms. The molecule has 0 saturated heterocycles. The maximum absolute atomic E-state index is 8.93. The van der Waals surface area contributed by atoms with Gasteiger partial charge in [0.1, 0.15) is 16.7 Å². The molecule has 1 aromatic rings. The van der Waals surface area contributed by atoms with Gasteiger partial charge in [-0.15, -0.1) is 11.8 Å². The maximum atomic E-state index is 8.93. The van der Waals surface area contributed by atoms with Crippen LogP contribution in [0.2, 0.25) is 0 Å². The highest BCUT2D eigenvalue weighted by atomic mass is 32.2. The Kier molecular flexibility index (Phi) is 7.05. The first-order valence-electron chi connectivity index (χ1n) is 6.58. The van der Waals surface area contributed by atoms with E-state index in [9.17, 15) is 0 Å². The van der Waals surface area contributed by atoms with Crippen LogP contribution in [0.15, 0.2) is 11.1 Å². The van der Waals surface area contributed by atoms with E-state index in [0.717, 1.165) is 42.5 Å². The summed E-state index contributed by atoms with van der Waals surface area (Å²) in [4.78, 5) is 8.97. The van der Waals surface area contributed by atoms with Gasteiger partial charge in [-0.3, -0.25) is 0 Å². The molecule has 0 saturated carbocycles. The topological polar surface area (TPSA) is 58.0 Å². The molecule has 1 rings (SSSR count). The van der Waals surface area contributed by atoms with Crippen LogP contribution >= 0.6 is 11.8 Å². The normalized spacial score (nSPS) is 12.4. The van der Waals surface area contributed by atoms with Crippen LogP contribution < -0.4 is 5.32 Å². The third-order valence-electron chi connectivity index (χ3n) is 2.48. The van der Waals surface area contributed by atoms with Crippen molar-refractivity contribution in [3.8, 4) is 0 Å². The molecule has 5 heteroatoms. The van der Waals surface area contributed by atoms with Crippen LogP contribution in [0.3, 0.4) is 0 Å². The van der Waals surface area contributed by atoms with Crippen LogP contribution in [0.4, 0.5) is 5.82 Å². The van der Waals surface area contributed by atoms with E-state index in [-0.39, 0.29) is 6.61 Å². The highest BCUT2D eigenvalue weighted by Crippen LogP contribution is 2.25. The molecule has 0 amide bonds. The summed E-state index contributed by atoms with van der Waals surface area (Å²) in [6.07, 6.45) is 2.70. The highest BCUT2D eigenvalue weighted by molar-refractivity contribution is 7.99. The predicted molar refractivity (Wildman–Crippen MR) is 77.2 cm³/mol. The molecule has 0 aliphatic rings. The van der Waals surface area contributed by atoms with Crippen molar-refractivity contribution in [1.29, 1.82) is 0 Å². The molecule has 1 unspecified atom stereocenters. The predicted octanol–water partition coefficient (Wildman–Crippen LogP) is 2.72. The average molecular weight is 269 g/mol. The molecule has 0 fully saturated rings. The van der Waals surface area contributed by atoms with E-state index in [0.29, 0.717) is 5.25 Å². The maximum Gasteiger partial charge on any atom is 0.131 e. The lowest BCUT2D eigenvalue weighted by atomic mass is 10.3. The number of aromatic nitrogens is 2. The number of anilines is 1. The largest absolute Gasteiger partial charge is 0.396 e. The van der Waals surface area contributed by atoms with Gasteiger partial charge in [0.15, 0.2) is 0 Å². The van der Waals surface area contributed by atoms with Gasteiger partial charge in [0, 0.05) is 30.9 Å². The zero-order valence-corrected chi connectivity index (χ0v) is 12.3. The molecule has 0 bridgehead atoms. The SMILES string of the molecule is CCCNc1cc(SC(C)CCO)nc(CC)n1. The lowest BCUT2D eigenvalue weighted by Gasteiger charge is -2.11. The van der Waals surface area contributed by atoms with Crippen molar-refractivity contribution in [2.45, 2.75) is 50.3 Å². The zero-order chi connectivity index (χ0) is 13.4.